The lowest BCUT2D eigenvalue weighted by Gasteiger charge is -2.40. The van der Waals surface area contributed by atoms with Crippen molar-refractivity contribution >= 4 is 17.7 Å². The smallest absolute Gasteiger partial charge is 0.262 e. The fraction of sp³-hybridized carbons (Fsp3) is 0.304. The van der Waals surface area contributed by atoms with E-state index >= 15 is 0 Å². The Hall–Kier alpha value is -3.46. The molecule has 0 saturated carbocycles. The van der Waals surface area contributed by atoms with Crippen molar-refractivity contribution in [2.24, 2.45) is 0 Å². The van der Waals surface area contributed by atoms with E-state index in [9.17, 15) is 19.6 Å². The molecule has 3 aliphatic rings. The number of amides is 3. The number of benzene rings is 2. The van der Waals surface area contributed by atoms with Crippen LogP contribution in [0.1, 0.15) is 57.1 Å². The van der Waals surface area contributed by atoms with Gasteiger partial charge < -0.3 is 4.90 Å². The van der Waals surface area contributed by atoms with Gasteiger partial charge in [-0.1, -0.05) is 36.4 Å². The molecule has 6 nitrogen and oxygen atoms in total. The second-order valence-electron chi connectivity index (χ2n) is 7.78. The Bertz CT molecular complexity index is 1050. The number of carbonyl (C=O) groups is 3. The molecular formula is C23H19N3O3. The van der Waals surface area contributed by atoms with E-state index < -0.39 is 23.9 Å². The zero-order chi connectivity index (χ0) is 20.1. The van der Waals surface area contributed by atoms with Gasteiger partial charge in [-0.05, 0) is 42.5 Å². The average Bonchev–Trinajstić information content (AvgIpc) is 2.93. The molecule has 1 saturated heterocycles. The standard InChI is InChI=1S/C23H19N3O3/c24-13-15-7-5-11-19-16-8-2-1-6-14(16)12-20(23(29)25(15)19)26-21(27)17-9-3-4-10-18(17)22(26)28/h1-4,6,8-10,15,19-20H,5,7,11-12H2/t15?,19?,20-/m1/s1. The topological polar surface area (TPSA) is 81.5 Å². The summed E-state index contributed by atoms with van der Waals surface area (Å²) in [4.78, 5) is 42.5. The van der Waals surface area contributed by atoms with E-state index in [2.05, 4.69) is 6.07 Å². The van der Waals surface area contributed by atoms with E-state index in [1.807, 2.05) is 24.3 Å². The summed E-state index contributed by atoms with van der Waals surface area (Å²) in [6.45, 7) is 0. The SMILES string of the molecule is N#CC1CCCC2c3ccccc3C[C@@H](N3C(=O)c4ccccc4C3=O)C(=O)N12. The normalized spacial score (nSPS) is 25.8. The summed E-state index contributed by atoms with van der Waals surface area (Å²) in [6, 6.07) is 15.0. The molecule has 144 valence electrons. The van der Waals surface area contributed by atoms with Crippen molar-refractivity contribution in [1.82, 2.24) is 9.80 Å². The fourth-order valence-corrected chi connectivity index (χ4v) is 4.94. The summed E-state index contributed by atoms with van der Waals surface area (Å²) < 4.78 is 0. The van der Waals surface area contributed by atoms with Crippen LogP contribution in [0, 0.1) is 11.3 Å². The van der Waals surface area contributed by atoms with Gasteiger partial charge in [0.2, 0.25) is 5.91 Å². The minimum Gasteiger partial charge on any atom is -0.318 e. The first-order chi connectivity index (χ1) is 14.1. The molecule has 0 bridgehead atoms. The third-order valence-corrected chi connectivity index (χ3v) is 6.28. The van der Waals surface area contributed by atoms with Crippen molar-refractivity contribution in [2.45, 2.75) is 43.8 Å². The van der Waals surface area contributed by atoms with Crippen molar-refractivity contribution in [2.75, 3.05) is 0 Å². The lowest BCUT2D eigenvalue weighted by molar-refractivity contribution is -0.140. The highest BCUT2D eigenvalue weighted by molar-refractivity contribution is 6.22. The molecule has 2 aromatic rings. The van der Waals surface area contributed by atoms with Gasteiger partial charge in [-0.2, -0.15) is 5.26 Å². The van der Waals surface area contributed by atoms with Crippen molar-refractivity contribution < 1.29 is 14.4 Å². The number of nitrogens with zero attached hydrogens (tertiary/aromatic N) is 3. The number of imide groups is 1. The van der Waals surface area contributed by atoms with Crippen LogP contribution in [0.4, 0.5) is 0 Å². The molecule has 0 radical (unpaired) electrons. The van der Waals surface area contributed by atoms with E-state index in [-0.39, 0.29) is 18.4 Å². The van der Waals surface area contributed by atoms with Gasteiger partial charge in [0.05, 0.1) is 23.2 Å². The summed E-state index contributed by atoms with van der Waals surface area (Å²) in [5.74, 6) is -1.19. The molecule has 1 fully saturated rings. The van der Waals surface area contributed by atoms with Gasteiger partial charge in [0.1, 0.15) is 12.1 Å². The maximum atomic E-state index is 13.7. The molecule has 29 heavy (non-hydrogen) atoms. The minimum absolute atomic E-state index is 0.197. The molecule has 3 atom stereocenters. The third-order valence-electron chi connectivity index (χ3n) is 6.28. The zero-order valence-electron chi connectivity index (χ0n) is 15.7. The van der Waals surface area contributed by atoms with Crippen LogP contribution in [0.5, 0.6) is 0 Å². The monoisotopic (exact) mass is 385 g/mol. The fourth-order valence-electron chi connectivity index (χ4n) is 4.94. The molecule has 0 aromatic heterocycles. The molecule has 0 aliphatic carbocycles. The van der Waals surface area contributed by atoms with Crippen LogP contribution in [0.25, 0.3) is 0 Å². The van der Waals surface area contributed by atoms with Gasteiger partial charge in [-0.3, -0.25) is 19.3 Å². The van der Waals surface area contributed by atoms with Crippen LogP contribution in [-0.2, 0) is 11.2 Å². The summed E-state index contributed by atoms with van der Waals surface area (Å²) in [6.07, 6.45) is 2.51. The highest BCUT2D eigenvalue weighted by atomic mass is 16.2. The third kappa shape index (κ3) is 2.51. The number of hydrogen-bond acceptors (Lipinski definition) is 4. The van der Waals surface area contributed by atoms with Crippen LogP contribution in [0.2, 0.25) is 0 Å². The van der Waals surface area contributed by atoms with Gasteiger partial charge in [-0.25, -0.2) is 0 Å². The number of fused-ring (bicyclic) bond motifs is 4. The van der Waals surface area contributed by atoms with Crippen LogP contribution in [0.3, 0.4) is 0 Å². The lowest BCUT2D eigenvalue weighted by Crippen LogP contribution is -2.54. The van der Waals surface area contributed by atoms with Gasteiger partial charge in [0.15, 0.2) is 0 Å². The predicted molar refractivity (Wildman–Crippen MR) is 104 cm³/mol. The molecule has 5 rings (SSSR count). The lowest BCUT2D eigenvalue weighted by atomic mass is 9.89. The number of hydrogen-bond donors (Lipinski definition) is 0. The van der Waals surface area contributed by atoms with Gasteiger partial charge in [-0.15, -0.1) is 0 Å². The molecule has 3 heterocycles. The molecule has 3 aliphatic heterocycles. The van der Waals surface area contributed by atoms with Crippen molar-refractivity contribution in [1.29, 1.82) is 5.26 Å². The maximum absolute atomic E-state index is 13.7. The molecule has 0 N–H and O–H groups in total. The maximum Gasteiger partial charge on any atom is 0.262 e. The Morgan fingerprint density at radius 2 is 1.52 bits per heavy atom. The summed E-state index contributed by atoms with van der Waals surface area (Å²) in [5, 5.41) is 9.69. The predicted octanol–water partition coefficient (Wildman–Crippen LogP) is 2.85. The Morgan fingerprint density at radius 3 is 2.21 bits per heavy atom. The quantitative estimate of drug-likeness (QED) is 0.707. The van der Waals surface area contributed by atoms with Crippen LogP contribution in [0.15, 0.2) is 48.5 Å². The Balaban J connectivity index is 1.63. The average molecular weight is 385 g/mol. The van der Waals surface area contributed by atoms with Gasteiger partial charge in [0, 0.05) is 6.42 Å². The minimum atomic E-state index is -0.942. The summed E-state index contributed by atoms with van der Waals surface area (Å²) in [5.41, 5.74) is 2.62. The van der Waals surface area contributed by atoms with E-state index in [0.29, 0.717) is 17.5 Å². The summed E-state index contributed by atoms with van der Waals surface area (Å²) in [7, 11) is 0. The molecule has 0 spiro atoms. The summed E-state index contributed by atoms with van der Waals surface area (Å²) >= 11 is 0. The Labute approximate surface area is 168 Å². The van der Waals surface area contributed by atoms with Crippen molar-refractivity contribution in [3.63, 3.8) is 0 Å². The van der Waals surface area contributed by atoms with Gasteiger partial charge >= 0.3 is 0 Å². The molecular weight excluding hydrogens is 366 g/mol. The highest BCUT2D eigenvalue weighted by Gasteiger charge is 2.48. The van der Waals surface area contributed by atoms with Crippen LogP contribution < -0.4 is 0 Å². The largest absolute Gasteiger partial charge is 0.318 e. The number of carbonyl (C=O) groups excluding carboxylic acids is 3. The number of rotatable bonds is 1. The van der Waals surface area contributed by atoms with E-state index in [4.69, 9.17) is 0 Å². The van der Waals surface area contributed by atoms with Gasteiger partial charge in [0.25, 0.3) is 11.8 Å². The first kappa shape index (κ1) is 17.6. The first-order valence-corrected chi connectivity index (χ1v) is 9.88. The highest BCUT2D eigenvalue weighted by Crippen LogP contribution is 2.40. The van der Waals surface area contributed by atoms with E-state index in [1.165, 1.54) is 0 Å². The van der Waals surface area contributed by atoms with Crippen molar-refractivity contribution in [3.8, 4) is 6.07 Å². The Morgan fingerprint density at radius 1 is 0.862 bits per heavy atom. The van der Waals surface area contributed by atoms with Crippen LogP contribution in [-0.4, -0.2) is 39.6 Å². The zero-order valence-corrected chi connectivity index (χ0v) is 15.7. The number of nitriles is 1. The van der Waals surface area contributed by atoms with Crippen LogP contribution >= 0.6 is 0 Å². The van der Waals surface area contributed by atoms with E-state index in [0.717, 1.165) is 28.9 Å². The Kier molecular flexibility index (Phi) is 3.99. The van der Waals surface area contributed by atoms with Crippen molar-refractivity contribution in [3.05, 3.63) is 70.8 Å². The van der Waals surface area contributed by atoms with E-state index in [1.54, 1.807) is 29.2 Å². The molecule has 2 aromatic carbocycles. The number of piperidine rings is 1. The molecule has 3 amide bonds. The first-order valence-electron chi connectivity index (χ1n) is 9.88. The second-order valence-corrected chi connectivity index (χ2v) is 7.78. The second kappa shape index (κ2) is 6.56. The molecule has 2 unspecified atom stereocenters. The molecule has 6 heteroatoms.